The van der Waals surface area contributed by atoms with Gasteiger partial charge in [0.05, 0.1) is 12.8 Å². The molecule has 0 amide bonds. The van der Waals surface area contributed by atoms with Gasteiger partial charge in [0.2, 0.25) is 0 Å². The van der Waals surface area contributed by atoms with Gasteiger partial charge < -0.3 is 10.1 Å². The average Bonchev–Trinajstić information content (AvgIpc) is 2.99. The molecule has 4 heteroatoms. The number of rotatable bonds is 4. The van der Waals surface area contributed by atoms with Crippen molar-refractivity contribution in [2.45, 2.75) is 13.8 Å². The molecule has 3 nitrogen and oxygen atoms in total. The number of nitrogens with zero attached hydrogens (tertiary/aromatic N) is 1. The van der Waals surface area contributed by atoms with Crippen LogP contribution < -0.4 is 10.1 Å². The maximum absolute atomic E-state index is 5.28. The van der Waals surface area contributed by atoms with Crippen LogP contribution in [0.25, 0.3) is 11.3 Å². The molecule has 0 unspecified atom stereocenters. The van der Waals surface area contributed by atoms with E-state index in [4.69, 9.17) is 4.74 Å². The molecule has 0 fully saturated rings. The van der Waals surface area contributed by atoms with Gasteiger partial charge in [0.15, 0.2) is 5.13 Å². The van der Waals surface area contributed by atoms with Crippen LogP contribution in [0, 0.1) is 13.8 Å². The molecule has 0 bridgehead atoms. The minimum atomic E-state index is 0.836. The summed E-state index contributed by atoms with van der Waals surface area (Å²) in [5.74, 6) is 0.836. The third-order valence-electron chi connectivity index (χ3n) is 3.54. The zero-order valence-corrected chi connectivity index (χ0v) is 13.7. The Kier molecular flexibility index (Phi) is 4.11. The monoisotopic (exact) mass is 310 g/mol. The van der Waals surface area contributed by atoms with Crippen LogP contribution >= 0.6 is 11.3 Å². The maximum Gasteiger partial charge on any atom is 0.187 e. The highest BCUT2D eigenvalue weighted by Gasteiger charge is 2.07. The Balaban J connectivity index is 1.84. The van der Waals surface area contributed by atoms with Crippen molar-refractivity contribution in [2.75, 3.05) is 12.4 Å². The molecule has 0 atom stereocenters. The molecule has 0 aliphatic carbocycles. The highest BCUT2D eigenvalue weighted by atomic mass is 32.1. The van der Waals surface area contributed by atoms with Crippen LogP contribution in [0.15, 0.2) is 47.8 Å². The van der Waals surface area contributed by atoms with Gasteiger partial charge in [0, 0.05) is 22.7 Å². The second kappa shape index (κ2) is 6.20. The Morgan fingerprint density at radius 2 is 1.82 bits per heavy atom. The number of methoxy groups -OCH3 is 1. The quantitative estimate of drug-likeness (QED) is 0.721. The van der Waals surface area contributed by atoms with E-state index in [1.165, 1.54) is 5.56 Å². The highest BCUT2D eigenvalue weighted by molar-refractivity contribution is 7.14. The van der Waals surface area contributed by atoms with Crippen molar-refractivity contribution in [1.82, 2.24) is 4.98 Å². The van der Waals surface area contributed by atoms with Gasteiger partial charge in [-0.2, -0.15) is 0 Å². The molecule has 22 heavy (non-hydrogen) atoms. The third kappa shape index (κ3) is 3.12. The number of thiazole rings is 1. The number of nitrogens with one attached hydrogen (secondary N) is 1. The van der Waals surface area contributed by atoms with Gasteiger partial charge >= 0.3 is 0 Å². The van der Waals surface area contributed by atoms with Crippen molar-refractivity contribution in [1.29, 1.82) is 0 Å². The van der Waals surface area contributed by atoms with Crippen LogP contribution in [0.1, 0.15) is 11.1 Å². The summed E-state index contributed by atoms with van der Waals surface area (Å²) in [6, 6.07) is 14.4. The number of benzene rings is 2. The molecular weight excluding hydrogens is 292 g/mol. The van der Waals surface area contributed by atoms with E-state index >= 15 is 0 Å². The SMILES string of the molecule is COc1ccc(C)c(Nc2nc(-c3ccc(C)cc3)cs2)c1. The Morgan fingerprint density at radius 3 is 2.55 bits per heavy atom. The van der Waals surface area contributed by atoms with E-state index in [9.17, 15) is 0 Å². The fraction of sp³-hybridized carbons (Fsp3) is 0.167. The van der Waals surface area contributed by atoms with E-state index in [0.717, 1.165) is 33.4 Å². The molecule has 1 aromatic heterocycles. The lowest BCUT2D eigenvalue weighted by molar-refractivity contribution is 0.415. The van der Waals surface area contributed by atoms with Crippen molar-refractivity contribution >= 4 is 22.2 Å². The van der Waals surface area contributed by atoms with E-state index < -0.39 is 0 Å². The standard InChI is InChI=1S/C18H18N2OS/c1-12-4-7-14(8-5-12)17-11-22-18(20-17)19-16-10-15(21-3)9-6-13(16)2/h4-11H,1-3H3,(H,19,20). The molecule has 0 aliphatic rings. The lowest BCUT2D eigenvalue weighted by atomic mass is 10.1. The van der Waals surface area contributed by atoms with Gasteiger partial charge in [-0.1, -0.05) is 35.9 Å². The molecule has 112 valence electrons. The number of hydrogen-bond donors (Lipinski definition) is 1. The normalized spacial score (nSPS) is 10.5. The molecule has 3 rings (SSSR count). The average molecular weight is 310 g/mol. The third-order valence-corrected chi connectivity index (χ3v) is 4.30. The van der Waals surface area contributed by atoms with Crippen LogP contribution in [0.4, 0.5) is 10.8 Å². The fourth-order valence-electron chi connectivity index (χ4n) is 2.17. The first-order chi connectivity index (χ1) is 10.7. The van der Waals surface area contributed by atoms with Crippen molar-refractivity contribution in [2.24, 2.45) is 0 Å². The van der Waals surface area contributed by atoms with Crippen LogP contribution in [0.2, 0.25) is 0 Å². The summed E-state index contributed by atoms with van der Waals surface area (Å²) in [6.07, 6.45) is 0. The zero-order valence-electron chi connectivity index (χ0n) is 12.9. The van der Waals surface area contributed by atoms with Gasteiger partial charge in [0.25, 0.3) is 0 Å². The largest absolute Gasteiger partial charge is 0.497 e. The first-order valence-electron chi connectivity index (χ1n) is 7.10. The molecule has 0 saturated carbocycles. The summed E-state index contributed by atoms with van der Waals surface area (Å²) < 4.78 is 5.28. The van der Waals surface area contributed by atoms with E-state index in [-0.39, 0.29) is 0 Å². The first-order valence-corrected chi connectivity index (χ1v) is 7.98. The van der Waals surface area contributed by atoms with Crippen LogP contribution in [0.3, 0.4) is 0 Å². The summed E-state index contributed by atoms with van der Waals surface area (Å²) in [7, 11) is 1.67. The molecule has 0 spiro atoms. The molecule has 1 heterocycles. The summed E-state index contributed by atoms with van der Waals surface area (Å²) >= 11 is 1.60. The smallest absolute Gasteiger partial charge is 0.187 e. The maximum atomic E-state index is 5.28. The second-order valence-electron chi connectivity index (χ2n) is 5.21. The molecule has 0 aliphatic heterocycles. The second-order valence-corrected chi connectivity index (χ2v) is 6.07. The molecule has 0 saturated heterocycles. The van der Waals surface area contributed by atoms with Crippen molar-refractivity contribution in [3.05, 3.63) is 59.0 Å². The van der Waals surface area contributed by atoms with Crippen LogP contribution in [0.5, 0.6) is 5.75 Å². The Bertz CT molecular complexity index is 778. The number of aryl methyl sites for hydroxylation is 2. The highest BCUT2D eigenvalue weighted by Crippen LogP contribution is 2.30. The lowest BCUT2D eigenvalue weighted by Crippen LogP contribution is -1.94. The van der Waals surface area contributed by atoms with Gasteiger partial charge in [-0.15, -0.1) is 11.3 Å². The lowest BCUT2D eigenvalue weighted by Gasteiger charge is -2.08. The summed E-state index contributed by atoms with van der Waals surface area (Å²) in [6.45, 7) is 4.15. The molecule has 2 aromatic carbocycles. The first kappa shape index (κ1) is 14.6. The van der Waals surface area contributed by atoms with Gasteiger partial charge in [0.1, 0.15) is 5.75 Å². The zero-order chi connectivity index (χ0) is 15.5. The van der Waals surface area contributed by atoms with Crippen molar-refractivity contribution in [3.8, 4) is 17.0 Å². The van der Waals surface area contributed by atoms with Crippen LogP contribution in [-0.2, 0) is 0 Å². The van der Waals surface area contributed by atoms with E-state index in [1.54, 1.807) is 18.4 Å². The summed E-state index contributed by atoms with van der Waals surface area (Å²) in [4.78, 5) is 4.67. The fourth-order valence-corrected chi connectivity index (χ4v) is 2.90. The van der Waals surface area contributed by atoms with E-state index in [0.29, 0.717) is 0 Å². The number of anilines is 2. The van der Waals surface area contributed by atoms with Crippen molar-refractivity contribution < 1.29 is 4.74 Å². The van der Waals surface area contributed by atoms with Crippen molar-refractivity contribution in [3.63, 3.8) is 0 Å². The van der Waals surface area contributed by atoms with E-state index in [1.807, 2.05) is 18.2 Å². The Morgan fingerprint density at radius 1 is 1.05 bits per heavy atom. The van der Waals surface area contributed by atoms with Gasteiger partial charge in [-0.05, 0) is 25.5 Å². The summed E-state index contributed by atoms with van der Waals surface area (Å²) in [5.41, 5.74) is 5.56. The minimum absolute atomic E-state index is 0.836. The van der Waals surface area contributed by atoms with Gasteiger partial charge in [-0.25, -0.2) is 4.98 Å². The molecule has 3 aromatic rings. The van der Waals surface area contributed by atoms with E-state index in [2.05, 4.69) is 53.8 Å². The predicted octanol–water partition coefficient (Wildman–Crippen LogP) is 5.18. The van der Waals surface area contributed by atoms with Gasteiger partial charge in [-0.3, -0.25) is 0 Å². The minimum Gasteiger partial charge on any atom is -0.497 e. The molecule has 1 N–H and O–H groups in total. The number of aromatic nitrogens is 1. The topological polar surface area (TPSA) is 34.1 Å². The Labute approximate surface area is 134 Å². The van der Waals surface area contributed by atoms with Crippen LogP contribution in [-0.4, -0.2) is 12.1 Å². The molecule has 0 radical (unpaired) electrons. The number of hydrogen-bond acceptors (Lipinski definition) is 4. The predicted molar refractivity (Wildman–Crippen MR) is 93.3 cm³/mol. The molecular formula is C18H18N2OS. The number of ether oxygens (including phenoxy) is 1. The summed E-state index contributed by atoms with van der Waals surface area (Å²) in [5, 5.41) is 6.33. The Hall–Kier alpha value is -2.33.